The van der Waals surface area contributed by atoms with Gasteiger partial charge in [0.15, 0.2) is 28.8 Å². The Labute approximate surface area is 246 Å². The molecule has 0 spiro atoms. The number of aliphatic hydroxyl groups is 1. The quantitative estimate of drug-likeness (QED) is 0.201. The first-order chi connectivity index (χ1) is 20.5. The lowest BCUT2D eigenvalue weighted by Gasteiger charge is -2.28. The number of methoxy groups -OCH3 is 3. The molecular weight excluding hydrogens is 652 g/mol. The van der Waals surface area contributed by atoms with E-state index in [0.717, 1.165) is 46.1 Å². The lowest BCUT2D eigenvalue weighted by molar-refractivity contribution is -0.137. The standard InChI is InChI=1S/C11H13F2N3O6S.C10H9F2N3O5S/c1-21-8(17)6-23(19,20)16(5-7(12)13)10-9(11(18)22-2)14-3-4-15-10;1-20-10(17)8-7(16)6-9(14-3-2-13-6)15(4-5(11)12)21(8,18)19/h3-4,7H,5-6H2,1-2H3;2-3,5,16H,4H2,1H3. The molecule has 0 radical (unpaired) electrons. The van der Waals surface area contributed by atoms with Gasteiger partial charge in [0.25, 0.3) is 22.9 Å². The van der Waals surface area contributed by atoms with E-state index in [2.05, 4.69) is 34.1 Å². The molecule has 44 heavy (non-hydrogen) atoms. The number of aromatic nitrogens is 4. The highest BCUT2D eigenvalue weighted by Gasteiger charge is 2.44. The number of halogens is 4. The molecule has 0 saturated heterocycles. The first-order valence-electron chi connectivity index (χ1n) is 11.4. The van der Waals surface area contributed by atoms with Crippen LogP contribution in [0.2, 0.25) is 0 Å². The summed E-state index contributed by atoms with van der Waals surface area (Å²) in [5, 5.41) is 9.89. The Kier molecular flexibility index (Phi) is 11.8. The highest BCUT2D eigenvalue weighted by atomic mass is 32.2. The van der Waals surface area contributed by atoms with Crippen LogP contribution in [-0.4, -0.2) is 113 Å². The number of aliphatic hydroxyl groups excluding tert-OH is 1. The Morgan fingerprint density at radius 1 is 0.909 bits per heavy atom. The number of alkyl halides is 4. The Bertz CT molecular complexity index is 1640. The van der Waals surface area contributed by atoms with Crippen LogP contribution < -0.4 is 8.61 Å². The average molecular weight is 675 g/mol. The van der Waals surface area contributed by atoms with E-state index in [-0.39, 0.29) is 8.61 Å². The van der Waals surface area contributed by atoms with Gasteiger partial charge in [-0.1, -0.05) is 0 Å². The zero-order chi connectivity index (χ0) is 33.4. The highest BCUT2D eigenvalue weighted by molar-refractivity contribution is 7.97. The fourth-order valence-corrected chi connectivity index (χ4v) is 6.07. The summed E-state index contributed by atoms with van der Waals surface area (Å²) in [5.41, 5.74) is -0.975. The normalized spacial score (nSPS) is 13.9. The van der Waals surface area contributed by atoms with Crippen molar-refractivity contribution in [1.29, 1.82) is 0 Å². The van der Waals surface area contributed by atoms with Crippen LogP contribution in [0.3, 0.4) is 0 Å². The molecule has 1 N–H and O–H groups in total. The number of sulfonamides is 2. The summed E-state index contributed by atoms with van der Waals surface area (Å²) in [5.74, 6) is -6.95. The third kappa shape index (κ3) is 8.03. The number of nitrogens with zero attached hydrogens (tertiary/aromatic N) is 6. The predicted octanol–water partition coefficient (Wildman–Crippen LogP) is 0.129. The van der Waals surface area contributed by atoms with E-state index in [1.54, 1.807) is 0 Å². The zero-order valence-electron chi connectivity index (χ0n) is 22.6. The molecule has 1 aliphatic heterocycles. The van der Waals surface area contributed by atoms with Crippen molar-refractivity contribution in [1.82, 2.24) is 19.9 Å². The first kappa shape index (κ1) is 35.5. The molecule has 0 fully saturated rings. The molecule has 23 heteroatoms. The van der Waals surface area contributed by atoms with Crippen LogP contribution in [-0.2, 0) is 43.8 Å². The molecule has 0 unspecified atom stereocenters. The average Bonchev–Trinajstić information content (AvgIpc) is 2.97. The minimum Gasteiger partial charge on any atom is -0.504 e. The largest absolute Gasteiger partial charge is 0.504 e. The fourth-order valence-electron chi connectivity index (χ4n) is 3.24. The molecule has 0 aromatic carbocycles. The lowest BCUT2D eigenvalue weighted by atomic mass is 10.3. The number of carbonyl (C=O) groups is 3. The monoisotopic (exact) mass is 674 g/mol. The molecule has 0 amide bonds. The van der Waals surface area contributed by atoms with E-state index in [9.17, 15) is 53.9 Å². The maximum atomic E-state index is 12.7. The number of hydrogen-bond donors (Lipinski definition) is 1. The van der Waals surface area contributed by atoms with Gasteiger partial charge in [-0.05, 0) is 0 Å². The molecule has 17 nitrogen and oxygen atoms in total. The van der Waals surface area contributed by atoms with Gasteiger partial charge >= 0.3 is 17.9 Å². The summed E-state index contributed by atoms with van der Waals surface area (Å²) >= 11 is 0. The van der Waals surface area contributed by atoms with Crippen LogP contribution in [0, 0.1) is 0 Å². The summed E-state index contributed by atoms with van der Waals surface area (Å²) in [7, 11) is -6.47. The van der Waals surface area contributed by atoms with Crippen LogP contribution in [0.15, 0.2) is 29.7 Å². The van der Waals surface area contributed by atoms with Gasteiger partial charge in [0.05, 0.1) is 34.4 Å². The van der Waals surface area contributed by atoms with Gasteiger partial charge in [0.1, 0.15) is 5.69 Å². The second-order valence-electron chi connectivity index (χ2n) is 7.80. The molecule has 0 aliphatic carbocycles. The van der Waals surface area contributed by atoms with Crippen molar-refractivity contribution in [3.05, 3.63) is 41.1 Å². The second-order valence-corrected chi connectivity index (χ2v) is 11.5. The number of carbonyl (C=O) groups excluding carboxylic acids is 3. The van der Waals surface area contributed by atoms with Crippen LogP contribution in [0.25, 0.3) is 5.76 Å². The van der Waals surface area contributed by atoms with E-state index in [1.165, 1.54) is 0 Å². The van der Waals surface area contributed by atoms with Gasteiger partial charge in [0.2, 0.25) is 14.9 Å². The molecule has 2 aromatic heterocycles. The first-order valence-corrected chi connectivity index (χ1v) is 14.5. The molecule has 3 heterocycles. The van der Waals surface area contributed by atoms with E-state index in [4.69, 9.17) is 0 Å². The van der Waals surface area contributed by atoms with E-state index >= 15 is 0 Å². The molecule has 1 aliphatic rings. The van der Waals surface area contributed by atoms with E-state index < -0.39 is 103 Å². The van der Waals surface area contributed by atoms with Crippen LogP contribution in [0.1, 0.15) is 16.2 Å². The molecule has 242 valence electrons. The van der Waals surface area contributed by atoms with Crippen molar-refractivity contribution in [2.45, 2.75) is 12.9 Å². The van der Waals surface area contributed by atoms with Gasteiger partial charge in [-0.2, -0.15) is 0 Å². The lowest BCUT2D eigenvalue weighted by Crippen LogP contribution is -2.42. The third-order valence-electron chi connectivity index (χ3n) is 5.04. The number of ether oxygens (including phenoxy) is 3. The number of fused-ring (bicyclic) bond motifs is 1. The van der Waals surface area contributed by atoms with Gasteiger partial charge in [0, 0.05) is 24.8 Å². The Hall–Kier alpha value is -4.67. The van der Waals surface area contributed by atoms with Gasteiger partial charge < -0.3 is 19.3 Å². The summed E-state index contributed by atoms with van der Waals surface area (Å²) in [6, 6.07) is 0. The zero-order valence-corrected chi connectivity index (χ0v) is 24.3. The van der Waals surface area contributed by atoms with Crippen LogP contribution >= 0.6 is 0 Å². The molecule has 3 rings (SSSR count). The SMILES string of the molecule is COC(=O)C1=C(O)c2nccnc2N(CC(F)F)S1(=O)=O.COC(=O)CS(=O)(=O)N(CC(F)F)c1nccnc1C(=O)OC. The molecule has 0 saturated carbocycles. The Balaban J connectivity index is 0.000000308. The molecule has 0 atom stereocenters. The van der Waals surface area contributed by atoms with Crippen molar-refractivity contribution in [3.63, 3.8) is 0 Å². The summed E-state index contributed by atoms with van der Waals surface area (Å²) in [6.07, 6.45) is -1.85. The van der Waals surface area contributed by atoms with Crippen LogP contribution in [0.4, 0.5) is 29.2 Å². The van der Waals surface area contributed by atoms with Gasteiger partial charge in [-0.15, -0.1) is 0 Å². The van der Waals surface area contributed by atoms with Crippen molar-refractivity contribution in [3.8, 4) is 0 Å². The maximum absolute atomic E-state index is 12.7. The van der Waals surface area contributed by atoms with Crippen molar-refractivity contribution in [2.75, 3.05) is 48.8 Å². The van der Waals surface area contributed by atoms with Crippen molar-refractivity contribution >= 4 is 55.3 Å². The van der Waals surface area contributed by atoms with Crippen LogP contribution in [0.5, 0.6) is 0 Å². The van der Waals surface area contributed by atoms with Crippen molar-refractivity contribution < 1.29 is 68.1 Å². The van der Waals surface area contributed by atoms with Gasteiger partial charge in [-0.25, -0.2) is 72.5 Å². The van der Waals surface area contributed by atoms with Crippen molar-refractivity contribution in [2.24, 2.45) is 0 Å². The van der Waals surface area contributed by atoms with E-state index in [1.807, 2.05) is 0 Å². The van der Waals surface area contributed by atoms with Gasteiger partial charge in [-0.3, -0.25) is 4.79 Å². The topological polar surface area (TPSA) is 225 Å². The summed E-state index contributed by atoms with van der Waals surface area (Å²) < 4.78 is 113. The fraction of sp³-hybridized carbons (Fsp3) is 0.381. The smallest absolute Gasteiger partial charge is 0.360 e. The molecule has 2 aromatic rings. The Morgan fingerprint density at radius 2 is 1.48 bits per heavy atom. The summed E-state index contributed by atoms with van der Waals surface area (Å²) in [6.45, 7) is -2.55. The molecular formula is C21H22F4N6O11S2. The molecule has 0 bridgehead atoms. The number of rotatable bonds is 10. The predicted molar refractivity (Wildman–Crippen MR) is 138 cm³/mol. The highest BCUT2D eigenvalue weighted by Crippen LogP contribution is 2.36. The number of esters is 3. The van der Waals surface area contributed by atoms with E-state index in [0.29, 0.717) is 0 Å². The summed E-state index contributed by atoms with van der Waals surface area (Å²) in [4.78, 5) is 47.7. The number of hydrogen-bond acceptors (Lipinski definition) is 15. The number of anilines is 2. The minimum atomic E-state index is -4.73. The maximum Gasteiger partial charge on any atom is 0.360 e. The third-order valence-corrected chi connectivity index (χ3v) is 8.41. The Morgan fingerprint density at radius 3 is 2.02 bits per heavy atom. The minimum absolute atomic E-state index is 0.133. The second kappa shape index (κ2) is 14.7.